The Morgan fingerprint density at radius 2 is 0.968 bits per heavy atom. The first-order valence-corrected chi connectivity index (χ1v) is 10.3. The van der Waals surface area contributed by atoms with Gasteiger partial charge in [0.25, 0.3) is 0 Å². The van der Waals surface area contributed by atoms with Crippen molar-refractivity contribution < 1.29 is 43.9 Å². The molecule has 1 aliphatic carbocycles. The average Bonchev–Trinajstić information content (AvgIpc) is 2.70. The van der Waals surface area contributed by atoms with Gasteiger partial charge < -0.3 is 43.9 Å². The van der Waals surface area contributed by atoms with Crippen molar-refractivity contribution in [2.24, 2.45) is 0 Å². The maximum absolute atomic E-state index is 9.75. The third-order valence-corrected chi connectivity index (χ3v) is 3.82. The van der Waals surface area contributed by atoms with E-state index in [0.29, 0.717) is 19.8 Å². The van der Waals surface area contributed by atoms with Crippen molar-refractivity contribution in [3.8, 4) is 0 Å². The number of carboxylic acids is 3. The Morgan fingerprint density at radius 1 is 0.710 bits per heavy atom. The molecule has 0 aliphatic heterocycles. The van der Waals surface area contributed by atoms with Crippen LogP contribution in [0, 0.1) is 0 Å². The summed E-state index contributed by atoms with van der Waals surface area (Å²) >= 11 is 0. The monoisotopic (exact) mass is 456 g/mol. The van der Waals surface area contributed by atoms with Crippen LogP contribution in [0.15, 0.2) is 37.0 Å². The Morgan fingerprint density at radius 3 is 1.06 bits per heavy atom. The summed E-state index contributed by atoms with van der Waals surface area (Å²) in [7, 11) is 3.63. The van der Waals surface area contributed by atoms with Crippen molar-refractivity contribution in [1.82, 2.24) is 0 Å². The summed E-state index contributed by atoms with van der Waals surface area (Å²) in [5.41, 5.74) is 0.841. The minimum atomic E-state index is -1.35. The second kappa shape index (κ2) is 21.9. The first-order valence-electron chi connectivity index (χ1n) is 9.74. The predicted molar refractivity (Wildman–Crippen MR) is 110 cm³/mol. The van der Waals surface area contributed by atoms with Gasteiger partial charge in [-0.25, -0.2) is 0 Å². The van der Waals surface area contributed by atoms with Gasteiger partial charge in [0.05, 0.1) is 19.8 Å². The van der Waals surface area contributed by atoms with Crippen LogP contribution in [0.3, 0.4) is 0 Å². The van der Waals surface area contributed by atoms with E-state index < -0.39 is 17.9 Å². The molecule has 1 fully saturated rings. The molecule has 174 valence electrons. The van der Waals surface area contributed by atoms with Crippen molar-refractivity contribution in [1.29, 1.82) is 0 Å². The summed E-state index contributed by atoms with van der Waals surface area (Å²) in [6.07, 6.45) is 7.14. The van der Waals surface area contributed by atoms with Crippen LogP contribution in [-0.2, 0) is 28.6 Å². The Labute approximate surface area is 187 Å². The second-order valence-electron chi connectivity index (χ2n) is 5.77. The van der Waals surface area contributed by atoms with Crippen LogP contribution >= 0.6 is 0 Å². The number of carbonyl (C=O) groups excluding carboxylic acids is 3. The molecule has 0 amide bonds. The van der Waals surface area contributed by atoms with Crippen molar-refractivity contribution in [2.45, 2.75) is 58.4 Å². The Bertz CT molecular complexity index is 501. The maximum atomic E-state index is 9.75. The molecule has 1 aliphatic rings. The number of hydrogen-bond donors (Lipinski definition) is 0. The number of carbonyl (C=O) groups is 3. The van der Waals surface area contributed by atoms with Crippen LogP contribution < -0.4 is 15.3 Å². The zero-order chi connectivity index (χ0) is 24.8. The molecule has 31 heavy (non-hydrogen) atoms. The van der Waals surface area contributed by atoms with Crippen molar-refractivity contribution in [3.05, 3.63) is 37.0 Å². The molecule has 0 aromatic heterocycles. The van der Waals surface area contributed by atoms with Crippen molar-refractivity contribution in [3.63, 3.8) is 0 Å². The Balaban J connectivity index is -0.000000337. The van der Waals surface area contributed by atoms with Crippen molar-refractivity contribution >= 4 is 28.2 Å². The molecule has 0 spiro atoms. The summed E-state index contributed by atoms with van der Waals surface area (Å²) in [6.45, 7) is 15.1. The zero-order valence-corrected chi connectivity index (χ0v) is 19.5. The summed E-state index contributed by atoms with van der Waals surface area (Å²) in [4.78, 5) is 29.3. The number of hydrogen-bond acceptors (Lipinski definition) is 9. The molecule has 9 nitrogen and oxygen atoms in total. The van der Waals surface area contributed by atoms with Gasteiger partial charge in [0.1, 0.15) is 35.2 Å². The predicted octanol–water partition coefficient (Wildman–Crippen LogP) is -0.233. The zero-order valence-electron chi connectivity index (χ0n) is 18.5. The first kappa shape index (κ1) is 32.9. The fourth-order valence-corrected chi connectivity index (χ4v) is 2.21. The van der Waals surface area contributed by atoms with E-state index in [0.717, 1.165) is 5.54 Å². The molecule has 0 aromatic rings. The van der Waals surface area contributed by atoms with Crippen LogP contribution in [-0.4, -0.2) is 48.0 Å². The molecule has 0 heterocycles. The van der Waals surface area contributed by atoms with E-state index >= 15 is 0 Å². The van der Waals surface area contributed by atoms with Gasteiger partial charge in [-0.2, -0.15) is 0 Å². The van der Waals surface area contributed by atoms with E-state index in [-0.39, 0.29) is 17.3 Å². The number of aliphatic carboxylic acids is 3. The molecule has 0 bridgehead atoms. The van der Waals surface area contributed by atoms with Gasteiger partial charge in [-0.3, -0.25) is 0 Å². The molecule has 0 aromatic carbocycles. The first-order chi connectivity index (χ1) is 14.4. The van der Waals surface area contributed by atoms with Crippen LogP contribution in [0.2, 0.25) is 5.54 Å². The summed E-state index contributed by atoms with van der Waals surface area (Å²) in [5.74, 6) is -5.00. The van der Waals surface area contributed by atoms with E-state index in [9.17, 15) is 29.7 Å². The van der Waals surface area contributed by atoms with E-state index in [1.54, 1.807) is 20.8 Å². The minimum absolute atomic E-state index is 0.312. The fourth-order valence-electron chi connectivity index (χ4n) is 1.80. The standard InChI is InChI=1S/C6H11Si.3C5H8O3/c7-6-4-2-1-3-5-6;3*1-3-8-4(2)5(6)7/h6H,1-5H2;3*2-3H2,1H3,(H,6,7)/q+3;;;/p-3. The van der Waals surface area contributed by atoms with Crippen molar-refractivity contribution in [2.75, 3.05) is 19.8 Å². The molecule has 0 saturated heterocycles. The van der Waals surface area contributed by atoms with Gasteiger partial charge in [0.15, 0.2) is 0 Å². The number of carboxylic acid groups (broad SMARTS) is 3. The number of ether oxygens (including phenoxy) is 3. The quantitative estimate of drug-likeness (QED) is 0.260. The van der Waals surface area contributed by atoms with Gasteiger partial charge >= 0.3 is 47.9 Å². The molecule has 1 rings (SSSR count). The van der Waals surface area contributed by atoms with E-state index in [1.807, 2.05) is 0 Å². The SMILES string of the molecule is C=C(OCC)C(=O)[O-].C=C(OCC)C(=O)[O-].C=C(OCC)C(=O)[O-].[Si+3]C1CCCCC1. The fraction of sp³-hybridized carbons (Fsp3) is 0.571. The summed E-state index contributed by atoms with van der Waals surface area (Å²) in [6, 6.07) is 0. The molecular formula is C21H32O9Si. The second-order valence-corrected chi connectivity index (χ2v) is 6.58. The third kappa shape index (κ3) is 25.2. The Kier molecular flexibility index (Phi) is 23.3. The molecule has 0 unspecified atom stereocenters. The summed E-state index contributed by atoms with van der Waals surface area (Å²) in [5, 5.41) is 29.3. The van der Waals surface area contributed by atoms with Gasteiger partial charge in [0.2, 0.25) is 0 Å². The third-order valence-electron chi connectivity index (χ3n) is 3.24. The number of rotatable bonds is 9. The van der Waals surface area contributed by atoms with E-state index in [1.165, 1.54) is 32.1 Å². The molecule has 0 atom stereocenters. The Hall–Kier alpha value is -2.75. The summed E-state index contributed by atoms with van der Waals surface area (Å²) < 4.78 is 13.3. The average molecular weight is 457 g/mol. The molecular weight excluding hydrogens is 424 g/mol. The van der Waals surface area contributed by atoms with Gasteiger partial charge in [0, 0.05) is 0 Å². The molecule has 0 N–H and O–H groups in total. The normalized spacial score (nSPS) is 12.0. The van der Waals surface area contributed by atoms with Gasteiger partial charge in [-0.05, 0) is 20.8 Å². The van der Waals surface area contributed by atoms with E-state index in [2.05, 4.69) is 44.2 Å². The molecule has 1 saturated carbocycles. The van der Waals surface area contributed by atoms with Gasteiger partial charge in [-0.15, -0.1) is 0 Å². The molecule has 0 radical (unpaired) electrons. The van der Waals surface area contributed by atoms with Crippen LogP contribution in [0.1, 0.15) is 52.9 Å². The van der Waals surface area contributed by atoms with Crippen LogP contribution in [0.25, 0.3) is 0 Å². The van der Waals surface area contributed by atoms with Gasteiger partial charge in [-0.1, -0.05) is 19.7 Å². The van der Waals surface area contributed by atoms with Crippen LogP contribution in [0.4, 0.5) is 0 Å². The van der Waals surface area contributed by atoms with Crippen LogP contribution in [0.5, 0.6) is 0 Å². The van der Waals surface area contributed by atoms with E-state index in [4.69, 9.17) is 0 Å². The topological polar surface area (TPSA) is 148 Å². The molecule has 10 heteroatoms.